The van der Waals surface area contributed by atoms with Crippen molar-refractivity contribution in [3.8, 4) is 0 Å². The van der Waals surface area contributed by atoms with Gasteiger partial charge in [-0.05, 0) is 23.6 Å². The van der Waals surface area contributed by atoms with E-state index in [9.17, 15) is 9.59 Å². The molecule has 1 N–H and O–H groups in total. The number of carbonyl (C=O) groups is 2. The zero-order valence-electron chi connectivity index (χ0n) is 13.8. The van der Waals surface area contributed by atoms with Gasteiger partial charge in [-0.15, -0.1) is 21.5 Å². The van der Waals surface area contributed by atoms with Crippen LogP contribution in [-0.4, -0.2) is 28.6 Å². The van der Waals surface area contributed by atoms with E-state index in [2.05, 4.69) is 15.5 Å². The third-order valence-corrected chi connectivity index (χ3v) is 6.02. The van der Waals surface area contributed by atoms with E-state index < -0.39 is 0 Å². The normalized spacial score (nSPS) is 16.8. The van der Waals surface area contributed by atoms with Gasteiger partial charge in [-0.3, -0.25) is 9.59 Å². The summed E-state index contributed by atoms with van der Waals surface area (Å²) >= 11 is 2.89. The minimum atomic E-state index is -0.108. The first-order chi connectivity index (χ1) is 12.7. The maximum atomic E-state index is 12.3. The average Bonchev–Trinajstić information content (AvgIpc) is 3.37. The van der Waals surface area contributed by atoms with E-state index in [1.807, 2.05) is 47.8 Å². The molecule has 1 atom stereocenters. The summed E-state index contributed by atoms with van der Waals surface area (Å²) in [6.07, 6.45) is 0.739. The Kier molecular flexibility index (Phi) is 4.77. The molecule has 3 aromatic rings. The third-order valence-electron chi connectivity index (χ3n) is 4.14. The fourth-order valence-corrected chi connectivity index (χ4v) is 4.47. The summed E-state index contributed by atoms with van der Waals surface area (Å²) in [7, 11) is 0. The number of anilines is 2. The number of thiophene rings is 1. The van der Waals surface area contributed by atoms with Crippen LogP contribution in [0.2, 0.25) is 0 Å². The topological polar surface area (TPSA) is 75.2 Å². The third kappa shape index (κ3) is 3.66. The van der Waals surface area contributed by atoms with Crippen LogP contribution < -0.4 is 10.2 Å². The Balaban J connectivity index is 1.40. The van der Waals surface area contributed by atoms with Crippen LogP contribution in [0.1, 0.15) is 22.2 Å². The monoisotopic (exact) mass is 384 g/mol. The highest BCUT2D eigenvalue weighted by molar-refractivity contribution is 7.15. The molecule has 1 aromatic carbocycles. The number of hydrogen-bond acceptors (Lipinski definition) is 6. The number of nitrogens with one attached hydrogen (secondary N) is 1. The highest BCUT2D eigenvalue weighted by Crippen LogP contribution is 2.34. The van der Waals surface area contributed by atoms with Crippen LogP contribution in [0.3, 0.4) is 0 Å². The van der Waals surface area contributed by atoms with Gasteiger partial charge in [0, 0.05) is 29.4 Å². The Morgan fingerprint density at radius 3 is 2.81 bits per heavy atom. The first-order valence-electron chi connectivity index (χ1n) is 8.20. The maximum Gasteiger partial charge on any atom is 0.231 e. The molecule has 1 aliphatic rings. The van der Waals surface area contributed by atoms with E-state index in [0.717, 1.165) is 15.6 Å². The summed E-state index contributed by atoms with van der Waals surface area (Å²) in [5.41, 5.74) is 0.897. The molecule has 0 bridgehead atoms. The predicted molar refractivity (Wildman–Crippen MR) is 103 cm³/mol. The van der Waals surface area contributed by atoms with Gasteiger partial charge >= 0.3 is 0 Å². The second kappa shape index (κ2) is 7.35. The number of amides is 2. The Morgan fingerprint density at radius 2 is 2.04 bits per heavy atom. The van der Waals surface area contributed by atoms with Gasteiger partial charge in [0.2, 0.25) is 16.9 Å². The van der Waals surface area contributed by atoms with Gasteiger partial charge in [-0.1, -0.05) is 35.6 Å². The van der Waals surface area contributed by atoms with E-state index in [4.69, 9.17) is 0 Å². The molecule has 2 aromatic heterocycles. The van der Waals surface area contributed by atoms with Crippen molar-refractivity contribution in [2.45, 2.75) is 18.8 Å². The van der Waals surface area contributed by atoms with E-state index in [1.54, 1.807) is 16.2 Å². The van der Waals surface area contributed by atoms with Gasteiger partial charge in [0.05, 0.1) is 6.42 Å². The highest BCUT2D eigenvalue weighted by Gasteiger charge is 2.33. The van der Waals surface area contributed by atoms with Gasteiger partial charge < -0.3 is 10.2 Å². The average molecular weight is 384 g/mol. The maximum absolute atomic E-state index is 12.3. The molecule has 0 aliphatic carbocycles. The Morgan fingerprint density at radius 1 is 1.19 bits per heavy atom. The van der Waals surface area contributed by atoms with Crippen molar-refractivity contribution < 1.29 is 9.59 Å². The van der Waals surface area contributed by atoms with Gasteiger partial charge in [0.15, 0.2) is 0 Å². The molecule has 3 heterocycles. The van der Waals surface area contributed by atoms with Crippen LogP contribution in [0.5, 0.6) is 0 Å². The van der Waals surface area contributed by atoms with Crippen molar-refractivity contribution in [2.75, 3.05) is 16.8 Å². The van der Waals surface area contributed by atoms with Crippen LogP contribution in [0.15, 0.2) is 47.8 Å². The Labute approximate surface area is 158 Å². The van der Waals surface area contributed by atoms with Crippen molar-refractivity contribution in [1.82, 2.24) is 10.2 Å². The lowest BCUT2D eigenvalue weighted by Gasteiger charge is -2.15. The summed E-state index contributed by atoms with van der Waals surface area (Å²) in [5, 5.41) is 14.2. The summed E-state index contributed by atoms with van der Waals surface area (Å²) in [6, 6.07) is 13.5. The van der Waals surface area contributed by atoms with E-state index >= 15 is 0 Å². The predicted octanol–water partition coefficient (Wildman–Crippen LogP) is 3.30. The molecule has 0 radical (unpaired) electrons. The van der Waals surface area contributed by atoms with Gasteiger partial charge in [-0.25, -0.2) is 0 Å². The van der Waals surface area contributed by atoms with E-state index in [0.29, 0.717) is 24.5 Å². The molecule has 2 amide bonds. The summed E-state index contributed by atoms with van der Waals surface area (Å²) < 4.78 is 0. The van der Waals surface area contributed by atoms with Crippen LogP contribution in [0.4, 0.5) is 10.8 Å². The molecule has 26 heavy (non-hydrogen) atoms. The summed E-state index contributed by atoms with van der Waals surface area (Å²) in [4.78, 5) is 27.2. The molecule has 6 nitrogen and oxygen atoms in total. The standard InChI is InChI=1S/C18H16N4O2S2/c23-15(10-14-7-4-8-25-14)19-18-21-20-17(26-18)12-9-16(24)22(11-12)13-5-2-1-3-6-13/h1-8,12H,9-11H2,(H,19,21,23)/t12-/m1/s1. The Hall–Kier alpha value is -2.58. The largest absolute Gasteiger partial charge is 0.312 e. The van der Waals surface area contributed by atoms with Gasteiger partial charge in [0.1, 0.15) is 5.01 Å². The zero-order valence-corrected chi connectivity index (χ0v) is 15.4. The molecular weight excluding hydrogens is 368 g/mol. The fraction of sp³-hybridized carbons (Fsp3) is 0.222. The number of aromatic nitrogens is 2. The van der Waals surface area contributed by atoms with Crippen molar-refractivity contribution in [3.63, 3.8) is 0 Å². The minimum absolute atomic E-state index is 0.00292. The molecule has 0 unspecified atom stereocenters. The number of benzene rings is 1. The van der Waals surface area contributed by atoms with Crippen LogP contribution >= 0.6 is 22.7 Å². The first kappa shape index (κ1) is 16.9. The molecule has 0 saturated carbocycles. The lowest BCUT2D eigenvalue weighted by atomic mass is 10.1. The zero-order chi connectivity index (χ0) is 17.9. The number of carbonyl (C=O) groups excluding carboxylic acids is 2. The van der Waals surface area contributed by atoms with Crippen molar-refractivity contribution in [2.24, 2.45) is 0 Å². The Bertz CT molecular complexity index is 908. The van der Waals surface area contributed by atoms with Gasteiger partial charge in [-0.2, -0.15) is 0 Å². The highest BCUT2D eigenvalue weighted by atomic mass is 32.1. The van der Waals surface area contributed by atoms with Crippen LogP contribution in [-0.2, 0) is 16.0 Å². The number of para-hydroxylation sites is 1. The van der Waals surface area contributed by atoms with E-state index in [1.165, 1.54) is 11.3 Å². The molecule has 1 fully saturated rings. The molecule has 1 saturated heterocycles. The summed E-state index contributed by atoms with van der Waals surface area (Å²) in [6.45, 7) is 0.584. The smallest absolute Gasteiger partial charge is 0.231 e. The molecule has 8 heteroatoms. The lowest BCUT2D eigenvalue weighted by molar-refractivity contribution is -0.117. The SMILES string of the molecule is O=C(Cc1cccs1)Nc1nnc([C@@H]2CC(=O)N(c3ccccc3)C2)s1. The first-order valence-corrected chi connectivity index (χ1v) is 9.89. The van der Waals surface area contributed by atoms with Crippen LogP contribution in [0.25, 0.3) is 0 Å². The quantitative estimate of drug-likeness (QED) is 0.732. The number of hydrogen-bond donors (Lipinski definition) is 1. The number of rotatable bonds is 5. The van der Waals surface area contributed by atoms with Crippen molar-refractivity contribution in [1.29, 1.82) is 0 Å². The number of nitrogens with zero attached hydrogens (tertiary/aromatic N) is 3. The van der Waals surface area contributed by atoms with E-state index in [-0.39, 0.29) is 17.7 Å². The minimum Gasteiger partial charge on any atom is -0.312 e. The summed E-state index contributed by atoms with van der Waals surface area (Å²) in [5.74, 6) is -0.0219. The molecule has 1 aliphatic heterocycles. The van der Waals surface area contributed by atoms with Gasteiger partial charge in [0.25, 0.3) is 0 Å². The fourth-order valence-electron chi connectivity index (χ4n) is 2.92. The van der Waals surface area contributed by atoms with Crippen molar-refractivity contribution in [3.05, 3.63) is 57.7 Å². The molecule has 4 rings (SSSR count). The van der Waals surface area contributed by atoms with Crippen molar-refractivity contribution >= 4 is 45.3 Å². The second-order valence-corrected chi connectivity index (χ2v) is 8.03. The second-order valence-electron chi connectivity index (χ2n) is 5.99. The molecule has 132 valence electrons. The molecular formula is C18H16N4O2S2. The molecule has 0 spiro atoms. The lowest BCUT2D eigenvalue weighted by Crippen LogP contribution is -2.24. The van der Waals surface area contributed by atoms with Crippen LogP contribution in [0, 0.1) is 0 Å².